The van der Waals surface area contributed by atoms with Crippen LogP contribution in [0.15, 0.2) is 91.3 Å². The molecule has 7 rings (SSSR count). The van der Waals surface area contributed by atoms with Gasteiger partial charge in [-0.1, -0.05) is 48.5 Å². The number of hydrogen-bond acceptors (Lipinski definition) is 5. The average Bonchev–Trinajstić information content (AvgIpc) is 3.44. The highest BCUT2D eigenvalue weighted by Crippen LogP contribution is 2.39. The first-order chi connectivity index (χ1) is 18.3. The van der Waals surface area contributed by atoms with Gasteiger partial charge in [-0.15, -0.1) is 0 Å². The Bertz CT molecular complexity index is 1820. The van der Waals surface area contributed by atoms with Crippen molar-refractivity contribution in [3.63, 3.8) is 0 Å². The van der Waals surface area contributed by atoms with Gasteiger partial charge in [0.1, 0.15) is 17.0 Å². The molecule has 0 bridgehead atoms. The molecule has 0 saturated carbocycles. The lowest BCUT2D eigenvalue weighted by molar-refractivity contribution is 0.00578. The number of imidazole rings is 1. The fourth-order valence-corrected chi connectivity index (χ4v) is 5.26. The van der Waals surface area contributed by atoms with Crippen molar-refractivity contribution in [2.45, 2.75) is 38.9 Å². The molecule has 1 aliphatic rings. The third kappa shape index (κ3) is 3.39. The highest BCUT2D eigenvalue weighted by Gasteiger charge is 2.51. The fraction of sp³-hybridized carbons (Fsp3) is 0.194. The van der Waals surface area contributed by atoms with E-state index in [1.807, 2.05) is 42.6 Å². The molecule has 6 aromatic rings. The Morgan fingerprint density at radius 2 is 1.34 bits per heavy atom. The van der Waals surface area contributed by atoms with Crippen LogP contribution >= 0.6 is 0 Å². The highest BCUT2D eigenvalue weighted by molar-refractivity contribution is 6.62. The zero-order valence-corrected chi connectivity index (χ0v) is 21.8. The van der Waals surface area contributed by atoms with Crippen LogP contribution in [0.5, 0.6) is 0 Å². The van der Waals surface area contributed by atoms with Crippen molar-refractivity contribution in [1.82, 2.24) is 19.4 Å². The van der Waals surface area contributed by atoms with Crippen molar-refractivity contribution < 1.29 is 9.31 Å². The highest BCUT2D eigenvalue weighted by atomic mass is 16.7. The van der Waals surface area contributed by atoms with Crippen molar-refractivity contribution in [2.75, 3.05) is 0 Å². The molecular formula is C31H27BN4O2. The van der Waals surface area contributed by atoms with Crippen molar-refractivity contribution in [1.29, 1.82) is 0 Å². The minimum absolute atomic E-state index is 0.406. The first kappa shape index (κ1) is 23.1. The van der Waals surface area contributed by atoms with E-state index < -0.39 is 18.3 Å². The lowest BCUT2D eigenvalue weighted by Gasteiger charge is -2.32. The predicted molar refractivity (Wildman–Crippen MR) is 152 cm³/mol. The van der Waals surface area contributed by atoms with Gasteiger partial charge in [0.15, 0.2) is 0 Å². The van der Waals surface area contributed by atoms with E-state index >= 15 is 0 Å². The Morgan fingerprint density at radius 3 is 2.03 bits per heavy atom. The second kappa shape index (κ2) is 8.22. The number of aromatic nitrogens is 4. The van der Waals surface area contributed by atoms with Gasteiger partial charge in [-0.25, -0.2) is 4.98 Å². The number of benzene rings is 2. The summed E-state index contributed by atoms with van der Waals surface area (Å²) in [7, 11) is -0.438. The Morgan fingerprint density at radius 1 is 0.684 bits per heavy atom. The Labute approximate surface area is 221 Å². The number of fused-ring (bicyclic) bond motifs is 6. The van der Waals surface area contributed by atoms with Gasteiger partial charge < -0.3 is 9.31 Å². The first-order valence-electron chi connectivity index (χ1n) is 12.9. The summed E-state index contributed by atoms with van der Waals surface area (Å²) >= 11 is 0. The molecule has 0 atom stereocenters. The van der Waals surface area contributed by atoms with E-state index in [0.29, 0.717) is 0 Å². The van der Waals surface area contributed by atoms with Crippen LogP contribution in [0.3, 0.4) is 0 Å². The molecule has 0 N–H and O–H groups in total. The maximum Gasteiger partial charge on any atom is 0.494 e. The molecule has 4 aromatic heterocycles. The van der Waals surface area contributed by atoms with Gasteiger partial charge in [-0.2, -0.15) is 0 Å². The van der Waals surface area contributed by atoms with E-state index in [-0.39, 0.29) is 0 Å². The molecule has 0 unspecified atom stereocenters. The maximum atomic E-state index is 6.38. The smallest absolute Gasteiger partial charge is 0.399 e. The largest absolute Gasteiger partial charge is 0.494 e. The van der Waals surface area contributed by atoms with E-state index in [4.69, 9.17) is 19.3 Å². The summed E-state index contributed by atoms with van der Waals surface area (Å²) < 4.78 is 15.0. The summed E-state index contributed by atoms with van der Waals surface area (Å²) in [5.41, 5.74) is 5.48. The summed E-state index contributed by atoms with van der Waals surface area (Å²) in [4.78, 5) is 14.6. The van der Waals surface area contributed by atoms with Crippen molar-refractivity contribution in [3.8, 4) is 22.8 Å². The summed E-state index contributed by atoms with van der Waals surface area (Å²) in [5.74, 6) is 0. The number of hydrogen-bond donors (Lipinski definition) is 0. The van der Waals surface area contributed by atoms with E-state index in [9.17, 15) is 0 Å². The molecule has 2 aromatic carbocycles. The standard InChI is InChI=1S/C31H27BN4O2/c1-30(2)31(3,4)38-32(37-30)20-15-16-22-23(19-20)21-11-5-6-14-26(21)36-28(25-13-8-10-18-34-25)27(35-29(22)36)24-12-7-9-17-33-24/h5-19H,1-4H3. The normalized spacial score (nSPS) is 16.6. The minimum Gasteiger partial charge on any atom is -0.399 e. The molecule has 1 aliphatic heterocycles. The van der Waals surface area contributed by atoms with Crippen LogP contribution in [-0.4, -0.2) is 37.7 Å². The molecule has 0 amide bonds. The lowest BCUT2D eigenvalue weighted by Crippen LogP contribution is -2.41. The second-order valence-corrected chi connectivity index (χ2v) is 10.8. The Kier molecular flexibility index (Phi) is 4.99. The second-order valence-electron chi connectivity index (χ2n) is 10.8. The molecule has 6 nitrogen and oxygen atoms in total. The summed E-state index contributed by atoms with van der Waals surface area (Å²) in [5, 5.41) is 3.27. The molecule has 0 spiro atoms. The molecule has 1 fully saturated rings. The summed E-state index contributed by atoms with van der Waals surface area (Å²) in [6.07, 6.45) is 3.62. The summed E-state index contributed by atoms with van der Waals surface area (Å²) in [6.45, 7) is 8.32. The van der Waals surface area contributed by atoms with Crippen LogP contribution in [0.4, 0.5) is 0 Å². The summed E-state index contributed by atoms with van der Waals surface area (Å²) in [6, 6.07) is 26.7. The maximum absolute atomic E-state index is 6.38. The Balaban J connectivity index is 1.55. The van der Waals surface area contributed by atoms with Crippen LogP contribution < -0.4 is 5.46 Å². The van der Waals surface area contributed by atoms with E-state index in [2.05, 4.69) is 79.5 Å². The van der Waals surface area contributed by atoms with Gasteiger partial charge in [-0.05, 0) is 68.9 Å². The quantitative estimate of drug-likeness (QED) is 0.219. The number of rotatable bonds is 3. The molecule has 0 aliphatic carbocycles. The fourth-order valence-electron chi connectivity index (χ4n) is 5.26. The van der Waals surface area contributed by atoms with Crippen LogP contribution in [-0.2, 0) is 9.31 Å². The van der Waals surface area contributed by atoms with E-state index in [1.54, 1.807) is 6.20 Å². The van der Waals surface area contributed by atoms with Crippen LogP contribution in [0.25, 0.3) is 50.1 Å². The number of pyridine rings is 3. The van der Waals surface area contributed by atoms with Crippen molar-refractivity contribution >= 4 is 39.9 Å². The molecule has 5 heterocycles. The van der Waals surface area contributed by atoms with Crippen LogP contribution in [0.1, 0.15) is 27.7 Å². The van der Waals surface area contributed by atoms with E-state index in [0.717, 1.165) is 55.6 Å². The third-order valence-electron chi connectivity index (χ3n) is 7.94. The van der Waals surface area contributed by atoms with Gasteiger partial charge in [0, 0.05) is 23.2 Å². The molecule has 0 radical (unpaired) electrons. The van der Waals surface area contributed by atoms with Gasteiger partial charge in [0.25, 0.3) is 0 Å². The molecule has 38 heavy (non-hydrogen) atoms. The van der Waals surface area contributed by atoms with Crippen LogP contribution in [0.2, 0.25) is 0 Å². The molecule has 186 valence electrons. The zero-order valence-electron chi connectivity index (χ0n) is 21.8. The van der Waals surface area contributed by atoms with Gasteiger partial charge in [-0.3, -0.25) is 14.4 Å². The first-order valence-corrected chi connectivity index (χ1v) is 12.9. The molecule has 7 heteroatoms. The third-order valence-corrected chi connectivity index (χ3v) is 7.94. The zero-order chi connectivity index (χ0) is 26.1. The topological polar surface area (TPSA) is 61.5 Å². The minimum atomic E-state index is -0.438. The predicted octanol–water partition coefficient (Wildman–Crippen LogP) is 6.06. The SMILES string of the molecule is CC1(C)OB(c2ccc3c(c2)c2ccccc2n2c(-c4ccccn4)c(-c4ccccn4)nc32)OC1(C)C. The molecule has 1 saturated heterocycles. The van der Waals surface area contributed by atoms with Gasteiger partial charge >= 0.3 is 7.12 Å². The number of para-hydroxylation sites is 1. The van der Waals surface area contributed by atoms with Crippen molar-refractivity contribution in [3.05, 3.63) is 91.3 Å². The van der Waals surface area contributed by atoms with Gasteiger partial charge in [0.05, 0.1) is 28.1 Å². The van der Waals surface area contributed by atoms with Gasteiger partial charge in [0.2, 0.25) is 0 Å². The van der Waals surface area contributed by atoms with Crippen molar-refractivity contribution in [2.24, 2.45) is 0 Å². The monoisotopic (exact) mass is 498 g/mol. The lowest BCUT2D eigenvalue weighted by atomic mass is 9.78. The van der Waals surface area contributed by atoms with Crippen LogP contribution in [0, 0.1) is 0 Å². The Hall–Kier alpha value is -4.07. The number of nitrogens with zero attached hydrogens (tertiary/aromatic N) is 4. The van der Waals surface area contributed by atoms with E-state index in [1.165, 1.54) is 0 Å². The average molecular weight is 498 g/mol. The molecular weight excluding hydrogens is 471 g/mol.